The molecule has 3 aromatic heterocycles. The summed E-state index contributed by atoms with van der Waals surface area (Å²) in [5.74, 6) is 0.941. The second kappa shape index (κ2) is 12.2. The van der Waals surface area contributed by atoms with Crippen LogP contribution in [0.3, 0.4) is 0 Å². The van der Waals surface area contributed by atoms with Crippen LogP contribution in [0.1, 0.15) is 22.9 Å². The van der Waals surface area contributed by atoms with Crippen molar-refractivity contribution in [2.24, 2.45) is 0 Å². The highest BCUT2D eigenvalue weighted by molar-refractivity contribution is 7.18. The van der Waals surface area contributed by atoms with Crippen molar-refractivity contribution in [2.45, 2.75) is 32.9 Å². The molecule has 11 heteroatoms. The molecule has 6 rings (SSSR count). The van der Waals surface area contributed by atoms with Crippen LogP contribution in [-0.2, 0) is 25.9 Å². The molecule has 0 aliphatic heterocycles. The van der Waals surface area contributed by atoms with Crippen molar-refractivity contribution in [1.82, 2.24) is 19.3 Å². The first-order valence-electron chi connectivity index (χ1n) is 14.1. The molecule has 0 atom stereocenters. The summed E-state index contributed by atoms with van der Waals surface area (Å²) in [5.41, 5.74) is 3.71. The summed E-state index contributed by atoms with van der Waals surface area (Å²) in [6.07, 6.45) is 1.24. The minimum atomic E-state index is -0.619. The molecule has 0 unspecified atom stereocenters. The molecule has 0 aliphatic carbocycles. The molecule has 0 spiro atoms. The summed E-state index contributed by atoms with van der Waals surface area (Å²) in [5, 5.41) is 4.39. The Hall–Kier alpha value is -5.16. The van der Waals surface area contributed by atoms with Crippen molar-refractivity contribution >= 4 is 21.6 Å². The van der Waals surface area contributed by atoms with Gasteiger partial charge in [-0.1, -0.05) is 66.7 Å². The van der Waals surface area contributed by atoms with Gasteiger partial charge in [-0.25, -0.2) is 9.59 Å². The fourth-order valence-electron chi connectivity index (χ4n) is 5.30. The first kappa shape index (κ1) is 28.9. The molecule has 6 aromatic rings. The smallest absolute Gasteiger partial charge is 0.439 e. The van der Waals surface area contributed by atoms with E-state index in [0.717, 1.165) is 39.1 Å². The van der Waals surface area contributed by atoms with E-state index in [9.17, 15) is 14.4 Å². The lowest BCUT2D eigenvalue weighted by Gasteiger charge is -2.14. The first-order valence-corrected chi connectivity index (χ1v) is 14.9. The number of nitrogens with one attached hydrogen (secondary N) is 1. The van der Waals surface area contributed by atoms with E-state index in [2.05, 4.69) is 10.1 Å². The molecule has 0 saturated heterocycles. The van der Waals surface area contributed by atoms with Gasteiger partial charge in [0.1, 0.15) is 4.83 Å². The van der Waals surface area contributed by atoms with Gasteiger partial charge in [0, 0.05) is 17.0 Å². The lowest BCUT2D eigenvalue weighted by Crippen LogP contribution is -2.40. The fourth-order valence-corrected chi connectivity index (χ4v) is 6.38. The predicted molar refractivity (Wildman–Crippen MR) is 170 cm³/mol. The summed E-state index contributed by atoms with van der Waals surface area (Å²) in [6.45, 7) is 2.56. The summed E-state index contributed by atoms with van der Waals surface area (Å²) in [7, 11) is 3.15. The number of hydrogen-bond acceptors (Lipinski definition) is 8. The second-order valence-electron chi connectivity index (χ2n) is 10.2. The van der Waals surface area contributed by atoms with Crippen LogP contribution in [0.5, 0.6) is 11.5 Å². The van der Waals surface area contributed by atoms with Gasteiger partial charge in [-0.2, -0.15) is 0 Å². The van der Waals surface area contributed by atoms with E-state index in [0.29, 0.717) is 40.5 Å². The summed E-state index contributed by atoms with van der Waals surface area (Å²) in [4.78, 5) is 43.3. The van der Waals surface area contributed by atoms with E-state index in [1.54, 1.807) is 18.8 Å². The van der Waals surface area contributed by atoms with Crippen molar-refractivity contribution < 1.29 is 14.0 Å². The molecule has 0 fully saturated rings. The number of benzene rings is 3. The first-order chi connectivity index (χ1) is 21.4. The molecule has 3 heterocycles. The van der Waals surface area contributed by atoms with E-state index in [-0.39, 0.29) is 17.8 Å². The number of hydrogen-bond donors (Lipinski definition) is 1. The molecule has 0 aliphatic rings. The maximum Gasteiger partial charge on any atom is 0.439 e. The average Bonchev–Trinajstić information content (AvgIpc) is 3.70. The van der Waals surface area contributed by atoms with E-state index >= 15 is 0 Å². The molecule has 0 radical (unpaired) electrons. The number of methoxy groups -OCH3 is 2. The van der Waals surface area contributed by atoms with Crippen LogP contribution in [0.2, 0.25) is 0 Å². The highest BCUT2D eigenvalue weighted by Crippen LogP contribution is 2.31. The Morgan fingerprint density at radius 3 is 2.27 bits per heavy atom. The SMILES string of the molecule is CCc1cc2c(=O)n(CCc3ccc(OC)c(OC)c3)c(=O)n(Cc3ccc(-c4ccccc4-c4noc(=O)[nH]4)cc3)c2s1. The number of fused-ring (bicyclic) bond motifs is 1. The summed E-state index contributed by atoms with van der Waals surface area (Å²) >= 11 is 1.48. The predicted octanol–water partition coefficient (Wildman–Crippen LogP) is 5.11. The van der Waals surface area contributed by atoms with E-state index in [1.165, 1.54) is 15.9 Å². The summed E-state index contributed by atoms with van der Waals surface area (Å²) in [6, 6.07) is 22.9. The van der Waals surface area contributed by atoms with Crippen molar-refractivity contribution in [3.05, 3.63) is 120 Å². The molecular formula is C33H30N4O6S. The van der Waals surface area contributed by atoms with Crippen molar-refractivity contribution in [3.8, 4) is 34.0 Å². The van der Waals surface area contributed by atoms with E-state index in [4.69, 9.17) is 14.0 Å². The average molecular weight is 611 g/mol. The van der Waals surface area contributed by atoms with Crippen molar-refractivity contribution in [1.29, 1.82) is 0 Å². The van der Waals surface area contributed by atoms with Gasteiger partial charge in [-0.3, -0.25) is 23.4 Å². The lowest BCUT2D eigenvalue weighted by molar-refractivity contribution is 0.354. The zero-order chi connectivity index (χ0) is 30.8. The molecule has 10 nitrogen and oxygen atoms in total. The molecular weight excluding hydrogens is 580 g/mol. The molecule has 44 heavy (non-hydrogen) atoms. The fraction of sp³-hybridized carbons (Fsp3) is 0.212. The molecule has 3 aromatic carbocycles. The van der Waals surface area contributed by atoms with Gasteiger partial charge in [0.05, 0.1) is 26.2 Å². The molecule has 0 bridgehead atoms. The third-order valence-electron chi connectivity index (χ3n) is 7.59. The van der Waals surface area contributed by atoms with Crippen LogP contribution in [0.25, 0.3) is 32.7 Å². The number of aryl methyl sites for hydroxylation is 2. The number of thiophene rings is 1. The van der Waals surface area contributed by atoms with Crippen LogP contribution < -0.4 is 26.5 Å². The Kier molecular flexibility index (Phi) is 8.03. The molecule has 224 valence electrons. The Morgan fingerprint density at radius 2 is 1.59 bits per heavy atom. The number of H-pyrrole nitrogens is 1. The summed E-state index contributed by atoms with van der Waals surface area (Å²) < 4.78 is 18.5. The van der Waals surface area contributed by atoms with Crippen LogP contribution in [-0.4, -0.2) is 33.5 Å². The number of aromatic amines is 1. The number of rotatable bonds is 10. The minimum absolute atomic E-state index is 0.222. The van der Waals surface area contributed by atoms with Gasteiger partial charge in [0.2, 0.25) is 0 Å². The van der Waals surface area contributed by atoms with E-state index in [1.807, 2.05) is 79.7 Å². The van der Waals surface area contributed by atoms with Crippen molar-refractivity contribution in [2.75, 3.05) is 14.2 Å². The second-order valence-corrected chi connectivity index (χ2v) is 11.4. The Labute approximate surface area is 255 Å². The van der Waals surface area contributed by atoms with Crippen LogP contribution in [0, 0.1) is 0 Å². The van der Waals surface area contributed by atoms with Gasteiger partial charge in [0.25, 0.3) is 5.56 Å². The van der Waals surface area contributed by atoms with Gasteiger partial charge < -0.3 is 9.47 Å². The van der Waals surface area contributed by atoms with E-state index < -0.39 is 5.76 Å². The van der Waals surface area contributed by atoms with Crippen LogP contribution in [0.15, 0.2) is 91.7 Å². The third kappa shape index (κ3) is 5.49. The van der Waals surface area contributed by atoms with Gasteiger partial charge in [-0.15, -0.1) is 11.3 Å². The highest BCUT2D eigenvalue weighted by atomic mass is 32.1. The monoisotopic (exact) mass is 610 g/mol. The highest BCUT2D eigenvalue weighted by Gasteiger charge is 2.18. The minimum Gasteiger partial charge on any atom is -0.493 e. The van der Waals surface area contributed by atoms with Crippen LogP contribution >= 0.6 is 11.3 Å². The molecule has 0 saturated carbocycles. The van der Waals surface area contributed by atoms with Crippen LogP contribution in [0.4, 0.5) is 0 Å². The maximum absolute atomic E-state index is 13.9. The number of ether oxygens (including phenoxy) is 2. The van der Waals surface area contributed by atoms with Crippen molar-refractivity contribution in [3.63, 3.8) is 0 Å². The Morgan fingerprint density at radius 1 is 0.864 bits per heavy atom. The standard InChI is InChI=1S/C33H30N4O6S/c1-4-23-18-26-30(38)36(16-15-20-11-14-27(41-2)28(17-20)42-3)33(40)37(31(26)44-23)19-21-9-12-22(13-10-21)24-7-5-6-8-25(24)29-34-32(39)43-35-29/h5-14,17-18H,4,15-16,19H2,1-3H3,(H,34,35,39). The quantitative estimate of drug-likeness (QED) is 0.229. The Balaban J connectivity index is 1.34. The third-order valence-corrected chi connectivity index (χ3v) is 8.90. The Bertz CT molecular complexity index is 2140. The zero-order valence-corrected chi connectivity index (χ0v) is 25.3. The molecule has 0 amide bonds. The largest absolute Gasteiger partial charge is 0.493 e. The lowest BCUT2D eigenvalue weighted by atomic mass is 9.98. The normalized spacial score (nSPS) is 11.2. The van der Waals surface area contributed by atoms with Gasteiger partial charge in [0.15, 0.2) is 17.3 Å². The number of aromatic nitrogens is 4. The maximum atomic E-state index is 13.9. The van der Waals surface area contributed by atoms with Gasteiger partial charge >= 0.3 is 11.4 Å². The zero-order valence-electron chi connectivity index (χ0n) is 24.5. The van der Waals surface area contributed by atoms with Gasteiger partial charge in [-0.05, 0) is 53.3 Å². The molecule has 1 N–H and O–H groups in total. The topological polar surface area (TPSA) is 121 Å². The number of nitrogens with zero attached hydrogens (tertiary/aromatic N) is 3.